The highest BCUT2D eigenvalue weighted by atomic mass is 19.4. The van der Waals surface area contributed by atoms with Gasteiger partial charge in [-0.25, -0.2) is 28.5 Å². The second-order valence-corrected chi connectivity index (χ2v) is 9.61. The highest BCUT2D eigenvalue weighted by Crippen LogP contribution is 2.32. The summed E-state index contributed by atoms with van der Waals surface area (Å²) in [4.78, 5) is 27.6. The monoisotopic (exact) mass is 545 g/mol. The van der Waals surface area contributed by atoms with Crippen molar-refractivity contribution < 1.29 is 22.0 Å². The molecule has 0 radical (unpaired) electrons. The number of allylic oxidation sites excluding steroid dienone is 2. The minimum absolute atomic E-state index is 0.173. The summed E-state index contributed by atoms with van der Waals surface area (Å²) in [6.07, 6.45) is 3.21. The molecule has 0 fully saturated rings. The molecule has 0 amide bonds. The lowest BCUT2D eigenvalue weighted by Crippen LogP contribution is -2.28. The smallest absolute Gasteiger partial charge is 0.371 e. The van der Waals surface area contributed by atoms with E-state index < -0.39 is 41.3 Å². The van der Waals surface area contributed by atoms with Crippen molar-refractivity contribution in [1.82, 2.24) is 33.6 Å². The summed E-state index contributed by atoms with van der Waals surface area (Å²) in [6.45, 7) is 4.15. The first-order chi connectivity index (χ1) is 18.3. The molecule has 0 saturated carbocycles. The van der Waals surface area contributed by atoms with Gasteiger partial charge in [-0.15, -0.1) is 0 Å². The molecule has 1 aliphatic heterocycles. The highest BCUT2D eigenvalue weighted by Gasteiger charge is 2.34. The topological polar surface area (TPSA) is 73.8 Å². The molecule has 4 aromatic rings. The van der Waals surface area contributed by atoms with Crippen molar-refractivity contribution in [3.8, 4) is 11.4 Å². The van der Waals surface area contributed by atoms with Gasteiger partial charge in [0.15, 0.2) is 17.2 Å². The van der Waals surface area contributed by atoms with Gasteiger partial charge in [0, 0.05) is 49.6 Å². The molecule has 0 unspecified atom stereocenters. The zero-order valence-corrected chi connectivity index (χ0v) is 21.5. The number of imidazole rings is 2. The molecule has 0 saturated heterocycles. The van der Waals surface area contributed by atoms with Gasteiger partial charge < -0.3 is 9.47 Å². The van der Waals surface area contributed by atoms with Crippen molar-refractivity contribution in [1.29, 1.82) is 0 Å². The van der Waals surface area contributed by atoms with Crippen molar-refractivity contribution in [2.75, 3.05) is 6.54 Å². The second kappa shape index (κ2) is 9.47. The predicted octanol–water partition coefficient (Wildman–Crippen LogP) is 4.50. The molecule has 8 nitrogen and oxygen atoms in total. The lowest BCUT2D eigenvalue weighted by Gasteiger charge is -2.27. The average molecular weight is 546 g/mol. The van der Waals surface area contributed by atoms with Gasteiger partial charge in [0.1, 0.15) is 23.0 Å². The maximum atomic E-state index is 15.2. The fourth-order valence-corrected chi connectivity index (χ4v) is 4.46. The van der Waals surface area contributed by atoms with E-state index >= 15 is 8.78 Å². The van der Waals surface area contributed by atoms with E-state index in [9.17, 15) is 18.0 Å². The maximum Gasteiger partial charge on any atom is 0.434 e. The molecule has 4 heterocycles. The third kappa shape index (κ3) is 4.72. The molecule has 3 aromatic heterocycles. The number of halogens is 5. The molecular formula is C26H24F5N7O. The summed E-state index contributed by atoms with van der Waals surface area (Å²) in [5.74, 6) is -1.94. The van der Waals surface area contributed by atoms with Crippen LogP contribution in [0.15, 0.2) is 47.7 Å². The molecule has 1 aromatic carbocycles. The van der Waals surface area contributed by atoms with Gasteiger partial charge >= 0.3 is 11.9 Å². The Hall–Kier alpha value is -4.29. The number of hydrogen-bond acceptors (Lipinski definition) is 5. The summed E-state index contributed by atoms with van der Waals surface area (Å²) in [5, 5.41) is 0. The second-order valence-electron chi connectivity index (χ2n) is 9.61. The van der Waals surface area contributed by atoms with Crippen molar-refractivity contribution >= 4 is 16.7 Å². The van der Waals surface area contributed by atoms with Crippen LogP contribution in [-0.4, -0.2) is 46.1 Å². The Labute approximate surface area is 219 Å². The average Bonchev–Trinajstić information content (AvgIpc) is 3.39. The van der Waals surface area contributed by atoms with Crippen LogP contribution < -0.4 is 5.69 Å². The van der Waals surface area contributed by atoms with Crippen molar-refractivity contribution in [3.05, 3.63) is 82.1 Å². The Bertz CT molecular complexity index is 1680. The number of rotatable bonds is 5. The molecule has 1 aliphatic rings. The first kappa shape index (κ1) is 26.3. The summed E-state index contributed by atoms with van der Waals surface area (Å²) in [5.41, 5.74) is -0.964. The van der Waals surface area contributed by atoms with Gasteiger partial charge in [0.05, 0.1) is 12.7 Å². The van der Waals surface area contributed by atoms with Crippen LogP contribution in [0.3, 0.4) is 0 Å². The van der Waals surface area contributed by atoms with Crippen LogP contribution in [0.4, 0.5) is 22.0 Å². The number of nitrogens with zero attached hydrogens (tertiary/aromatic N) is 7. The molecule has 0 N–H and O–H groups in total. The number of aromatic nitrogens is 6. The quantitative estimate of drug-likeness (QED) is 0.346. The first-order valence-electron chi connectivity index (χ1n) is 12.0. The largest absolute Gasteiger partial charge is 0.434 e. The van der Waals surface area contributed by atoms with Crippen molar-refractivity contribution in [3.63, 3.8) is 0 Å². The molecule has 0 spiro atoms. The Morgan fingerprint density at radius 3 is 2.38 bits per heavy atom. The van der Waals surface area contributed by atoms with Crippen molar-refractivity contribution in [2.24, 2.45) is 14.1 Å². The minimum Gasteiger partial charge on any atom is -0.371 e. The fraction of sp³-hybridized carbons (Fsp3) is 0.308. The van der Waals surface area contributed by atoms with Crippen LogP contribution in [-0.2, 0) is 26.8 Å². The number of alkyl halides is 3. The third-order valence-corrected chi connectivity index (χ3v) is 6.65. The van der Waals surface area contributed by atoms with Crippen LogP contribution in [0.2, 0.25) is 0 Å². The van der Waals surface area contributed by atoms with Gasteiger partial charge in [-0.1, -0.05) is 6.08 Å². The number of fused-ring (bicyclic) bond motifs is 1. The van der Waals surface area contributed by atoms with Gasteiger partial charge in [-0.2, -0.15) is 13.2 Å². The van der Waals surface area contributed by atoms with Crippen LogP contribution in [0, 0.1) is 11.6 Å². The van der Waals surface area contributed by atoms with E-state index in [4.69, 9.17) is 0 Å². The maximum absolute atomic E-state index is 15.2. The van der Waals surface area contributed by atoms with Crippen LogP contribution in [0.5, 0.6) is 0 Å². The zero-order valence-electron chi connectivity index (χ0n) is 21.5. The SMILES string of the molecule is CC(C)N1C=CC=C(c2ncc3c(n2)n(Cc2c(F)cc(-c4nc(C(F)(F)F)cn4C)cc2F)c(=O)n3C)C1. The summed E-state index contributed by atoms with van der Waals surface area (Å²) in [7, 11) is 2.80. The number of benzene rings is 1. The number of hydrogen-bond donors (Lipinski definition) is 0. The molecule has 13 heteroatoms. The normalized spacial score (nSPS) is 14.1. The van der Waals surface area contributed by atoms with E-state index in [-0.39, 0.29) is 23.1 Å². The fourth-order valence-electron chi connectivity index (χ4n) is 4.46. The predicted molar refractivity (Wildman–Crippen MR) is 134 cm³/mol. The van der Waals surface area contributed by atoms with Gasteiger partial charge in [-0.3, -0.25) is 9.13 Å². The third-order valence-electron chi connectivity index (χ3n) is 6.65. The standard InChI is InChI=1S/C26H24F5N7O/c1-14(2)37-7-5-6-15(11-37)22-32-10-20-24(34-22)38(25(39)36(20)4)12-17-18(27)8-16(9-19(17)28)23-33-21(13-35(23)3)26(29,30)31/h5-10,13-14H,11-12H2,1-4H3. The molecule has 0 atom stereocenters. The van der Waals surface area contributed by atoms with E-state index in [0.717, 1.165) is 33.0 Å². The molecule has 0 aliphatic carbocycles. The Morgan fingerprint density at radius 1 is 1.08 bits per heavy atom. The van der Waals surface area contributed by atoms with E-state index in [1.165, 1.54) is 24.9 Å². The van der Waals surface area contributed by atoms with Crippen LogP contribution >= 0.6 is 0 Å². The highest BCUT2D eigenvalue weighted by molar-refractivity contribution is 5.74. The van der Waals surface area contributed by atoms with Crippen molar-refractivity contribution in [2.45, 2.75) is 32.6 Å². The molecule has 5 rings (SSSR count). The van der Waals surface area contributed by atoms with Crippen LogP contribution in [0.25, 0.3) is 28.1 Å². The Morgan fingerprint density at radius 2 is 1.77 bits per heavy atom. The number of aryl methyl sites for hydroxylation is 2. The summed E-state index contributed by atoms with van der Waals surface area (Å²) in [6, 6.07) is 2.04. The zero-order chi connectivity index (χ0) is 28.2. The summed E-state index contributed by atoms with van der Waals surface area (Å²) < 4.78 is 73.0. The van der Waals surface area contributed by atoms with E-state index in [1.807, 2.05) is 32.2 Å². The summed E-state index contributed by atoms with van der Waals surface area (Å²) >= 11 is 0. The molecule has 39 heavy (non-hydrogen) atoms. The first-order valence-corrected chi connectivity index (χ1v) is 12.0. The molecule has 0 bridgehead atoms. The Balaban J connectivity index is 1.54. The van der Waals surface area contributed by atoms with E-state index in [0.29, 0.717) is 17.9 Å². The van der Waals surface area contributed by atoms with Gasteiger partial charge in [-0.05, 0) is 38.3 Å². The van der Waals surface area contributed by atoms with Gasteiger partial charge in [0.25, 0.3) is 0 Å². The molecular weight excluding hydrogens is 521 g/mol. The lowest BCUT2D eigenvalue weighted by atomic mass is 10.1. The lowest BCUT2D eigenvalue weighted by molar-refractivity contribution is -0.140. The van der Waals surface area contributed by atoms with Gasteiger partial charge in [0.2, 0.25) is 0 Å². The Kier molecular flexibility index (Phi) is 6.39. The van der Waals surface area contributed by atoms with Crippen LogP contribution in [0.1, 0.15) is 30.9 Å². The van der Waals surface area contributed by atoms with E-state index in [2.05, 4.69) is 19.9 Å². The minimum atomic E-state index is -4.71. The molecule has 204 valence electrons. The van der Waals surface area contributed by atoms with E-state index in [1.54, 1.807) is 0 Å².